The minimum atomic E-state index is -0.841. The fraction of sp³-hybridized carbons (Fsp3) is 0.214. The number of hydrogen-bond acceptors (Lipinski definition) is 4. The summed E-state index contributed by atoms with van der Waals surface area (Å²) in [5, 5.41) is 4.67. The van der Waals surface area contributed by atoms with Crippen LogP contribution in [-0.2, 0) is 4.79 Å². The van der Waals surface area contributed by atoms with Gasteiger partial charge in [-0.15, -0.1) is 11.3 Å². The number of nitrogens with one attached hydrogen (secondary N) is 1. The molecule has 0 saturated heterocycles. The zero-order chi connectivity index (χ0) is 16.1. The number of benzene rings is 1. The summed E-state index contributed by atoms with van der Waals surface area (Å²) in [5.74, 6) is -2.73. The van der Waals surface area contributed by atoms with Crippen LogP contribution in [0.3, 0.4) is 0 Å². The molecule has 0 atom stereocenters. The number of rotatable bonds is 5. The lowest BCUT2D eigenvalue weighted by Gasteiger charge is -2.20. The van der Waals surface area contributed by atoms with Crippen molar-refractivity contribution in [1.82, 2.24) is 9.88 Å². The summed E-state index contributed by atoms with van der Waals surface area (Å²) >= 11 is 1.25. The standard InChI is InChI=1S/C14H13F2N3O2S/c1-2-19(8-12(20)18-14-17-3-4-22-14)13(21)9-5-10(15)7-11(16)6-9/h3-7H,2,8H2,1H3,(H,17,18,20). The van der Waals surface area contributed by atoms with Gasteiger partial charge in [-0.3, -0.25) is 9.59 Å². The third kappa shape index (κ3) is 4.08. The highest BCUT2D eigenvalue weighted by molar-refractivity contribution is 7.13. The molecule has 5 nitrogen and oxygen atoms in total. The second-order valence-electron chi connectivity index (χ2n) is 4.36. The lowest BCUT2D eigenvalue weighted by molar-refractivity contribution is -0.116. The molecule has 0 radical (unpaired) electrons. The molecule has 0 unspecified atom stereocenters. The predicted molar refractivity (Wildman–Crippen MR) is 78.7 cm³/mol. The van der Waals surface area contributed by atoms with Crippen molar-refractivity contribution in [3.8, 4) is 0 Å². The Morgan fingerprint density at radius 3 is 2.50 bits per heavy atom. The van der Waals surface area contributed by atoms with Gasteiger partial charge in [-0.2, -0.15) is 0 Å². The van der Waals surface area contributed by atoms with E-state index in [0.29, 0.717) is 11.2 Å². The first-order chi connectivity index (χ1) is 10.5. The van der Waals surface area contributed by atoms with Gasteiger partial charge in [-0.1, -0.05) is 0 Å². The molecule has 2 amide bonds. The van der Waals surface area contributed by atoms with Gasteiger partial charge < -0.3 is 10.2 Å². The molecule has 2 aromatic rings. The van der Waals surface area contributed by atoms with Crippen LogP contribution in [-0.4, -0.2) is 34.8 Å². The average molecular weight is 325 g/mol. The van der Waals surface area contributed by atoms with Gasteiger partial charge in [0.2, 0.25) is 5.91 Å². The molecule has 0 aliphatic heterocycles. The minimum absolute atomic E-state index is 0.138. The van der Waals surface area contributed by atoms with Crippen molar-refractivity contribution in [2.45, 2.75) is 6.92 Å². The van der Waals surface area contributed by atoms with Gasteiger partial charge in [0.15, 0.2) is 5.13 Å². The van der Waals surface area contributed by atoms with E-state index in [4.69, 9.17) is 0 Å². The van der Waals surface area contributed by atoms with Crippen LogP contribution < -0.4 is 5.32 Å². The Balaban J connectivity index is 2.06. The highest BCUT2D eigenvalue weighted by Crippen LogP contribution is 2.12. The van der Waals surface area contributed by atoms with Crippen molar-refractivity contribution in [3.63, 3.8) is 0 Å². The van der Waals surface area contributed by atoms with Gasteiger partial charge in [-0.05, 0) is 19.1 Å². The topological polar surface area (TPSA) is 62.3 Å². The largest absolute Gasteiger partial charge is 0.330 e. The first-order valence-electron chi connectivity index (χ1n) is 6.44. The van der Waals surface area contributed by atoms with Gasteiger partial charge >= 0.3 is 0 Å². The van der Waals surface area contributed by atoms with Crippen molar-refractivity contribution in [3.05, 3.63) is 47.0 Å². The summed E-state index contributed by atoms with van der Waals surface area (Å²) in [6.07, 6.45) is 1.54. The molecule has 0 fully saturated rings. The Morgan fingerprint density at radius 1 is 1.27 bits per heavy atom. The Morgan fingerprint density at radius 2 is 1.95 bits per heavy atom. The fourth-order valence-electron chi connectivity index (χ4n) is 1.80. The third-order valence-electron chi connectivity index (χ3n) is 2.79. The normalized spacial score (nSPS) is 10.3. The average Bonchev–Trinajstić information content (AvgIpc) is 2.95. The zero-order valence-electron chi connectivity index (χ0n) is 11.7. The SMILES string of the molecule is CCN(CC(=O)Nc1nccs1)C(=O)c1cc(F)cc(F)c1. The second kappa shape index (κ2) is 7.08. The molecule has 2 rings (SSSR count). The van der Waals surface area contributed by atoms with Gasteiger partial charge in [0.05, 0.1) is 0 Å². The van der Waals surface area contributed by atoms with Crippen molar-refractivity contribution >= 4 is 28.3 Å². The van der Waals surface area contributed by atoms with Crippen LogP contribution in [0, 0.1) is 11.6 Å². The molecule has 1 heterocycles. The third-order valence-corrected chi connectivity index (χ3v) is 3.48. The number of thiazole rings is 1. The first kappa shape index (κ1) is 16.0. The number of carbonyl (C=O) groups excluding carboxylic acids is 2. The highest BCUT2D eigenvalue weighted by Gasteiger charge is 2.19. The van der Waals surface area contributed by atoms with Gasteiger partial charge in [0, 0.05) is 29.8 Å². The lowest BCUT2D eigenvalue weighted by atomic mass is 10.2. The maximum Gasteiger partial charge on any atom is 0.254 e. The number of likely N-dealkylation sites (N-methyl/N-ethyl adjacent to an activating group) is 1. The Hall–Kier alpha value is -2.35. The summed E-state index contributed by atoms with van der Waals surface area (Å²) in [6, 6.07) is 2.56. The van der Waals surface area contributed by atoms with Crippen molar-refractivity contribution in [2.24, 2.45) is 0 Å². The number of aromatic nitrogens is 1. The Labute approximate surface area is 129 Å². The predicted octanol–water partition coefficient (Wildman–Crippen LogP) is 2.52. The molecule has 1 aromatic carbocycles. The molecule has 116 valence electrons. The lowest BCUT2D eigenvalue weighted by Crippen LogP contribution is -2.38. The van der Waals surface area contributed by atoms with Crippen molar-refractivity contribution in [1.29, 1.82) is 0 Å². The van der Waals surface area contributed by atoms with Crippen LogP contribution in [0.15, 0.2) is 29.8 Å². The van der Waals surface area contributed by atoms with Gasteiger partial charge in [0.1, 0.15) is 18.2 Å². The molecule has 0 aliphatic rings. The molecule has 1 aromatic heterocycles. The monoisotopic (exact) mass is 325 g/mol. The highest BCUT2D eigenvalue weighted by atomic mass is 32.1. The smallest absolute Gasteiger partial charge is 0.254 e. The molecule has 8 heteroatoms. The van der Waals surface area contributed by atoms with Crippen molar-refractivity contribution < 1.29 is 18.4 Å². The molecule has 0 aliphatic carbocycles. The van der Waals surface area contributed by atoms with E-state index >= 15 is 0 Å². The number of nitrogens with zero attached hydrogens (tertiary/aromatic N) is 2. The summed E-state index contributed by atoms with van der Waals surface area (Å²) in [5.41, 5.74) is -0.138. The van der Waals surface area contributed by atoms with E-state index in [0.717, 1.165) is 12.1 Å². The van der Waals surface area contributed by atoms with E-state index in [1.54, 1.807) is 18.5 Å². The summed E-state index contributed by atoms with van der Waals surface area (Å²) in [4.78, 5) is 29.2. The zero-order valence-corrected chi connectivity index (χ0v) is 12.5. The van der Waals surface area contributed by atoms with Crippen LogP contribution >= 0.6 is 11.3 Å². The fourth-order valence-corrected chi connectivity index (χ4v) is 2.35. The van der Waals surface area contributed by atoms with E-state index < -0.39 is 23.4 Å². The van der Waals surface area contributed by atoms with E-state index in [1.807, 2.05) is 0 Å². The van der Waals surface area contributed by atoms with E-state index in [-0.39, 0.29) is 18.7 Å². The van der Waals surface area contributed by atoms with Crippen LogP contribution in [0.5, 0.6) is 0 Å². The van der Waals surface area contributed by atoms with E-state index in [1.165, 1.54) is 16.2 Å². The number of carbonyl (C=O) groups is 2. The van der Waals surface area contributed by atoms with E-state index in [2.05, 4.69) is 10.3 Å². The summed E-state index contributed by atoms with van der Waals surface area (Å²) < 4.78 is 26.3. The van der Waals surface area contributed by atoms with Crippen LogP contribution in [0.2, 0.25) is 0 Å². The van der Waals surface area contributed by atoms with Crippen LogP contribution in [0.4, 0.5) is 13.9 Å². The number of halogens is 2. The van der Waals surface area contributed by atoms with Gasteiger partial charge in [-0.25, -0.2) is 13.8 Å². The maximum atomic E-state index is 13.2. The van der Waals surface area contributed by atoms with Crippen LogP contribution in [0.25, 0.3) is 0 Å². The first-order valence-corrected chi connectivity index (χ1v) is 7.32. The number of hydrogen-bond donors (Lipinski definition) is 1. The molecular formula is C14H13F2N3O2S. The van der Waals surface area contributed by atoms with E-state index in [9.17, 15) is 18.4 Å². The minimum Gasteiger partial charge on any atom is -0.330 e. The summed E-state index contributed by atoms with van der Waals surface area (Å²) in [7, 11) is 0. The van der Waals surface area contributed by atoms with Crippen LogP contribution in [0.1, 0.15) is 17.3 Å². The summed E-state index contributed by atoms with van der Waals surface area (Å²) in [6.45, 7) is 1.67. The van der Waals surface area contributed by atoms with Crippen molar-refractivity contribution in [2.75, 3.05) is 18.4 Å². The quantitative estimate of drug-likeness (QED) is 0.919. The number of anilines is 1. The molecule has 0 saturated carbocycles. The molecule has 0 bridgehead atoms. The van der Waals surface area contributed by atoms with Gasteiger partial charge in [0.25, 0.3) is 5.91 Å². The molecular weight excluding hydrogens is 312 g/mol. The maximum absolute atomic E-state index is 13.2. The Bertz CT molecular complexity index is 656. The number of amides is 2. The molecule has 1 N–H and O–H groups in total. The second-order valence-corrected chi connectivity index (χ2v) is 5.26. The molecule has 0 spiro atoms. The Kier molecular flexibility index (Phi) is 5.16. The molecule has 22 heavy (non-hydrogen) atoms.